The lowest BCUT2D eigenvalue weighted by Gasteiger charge is -2.34. The number of hydrazine groups is 1. The minimum absolute atomic E-state index is 0.0134. The van der Waals surface area contributed by atoms with Crippen LogP contribution in [0.4, 0.5) is 13.2 Å². The van der Waals surface area contributed by atoms with Crippen molar-refractivity contribution in [1.82, 2.24) is 20.7 Å². The number of methoxy groups -OCH3 is 1. The molecular formula is C23H21F3N4O4. The van der Waals surface area contributed by atoms with Crippen LogP contribution in [-0.2, 0) is 11.4 Å². The first-order valence-corrected chi connectivity index (χ1v) is 10.5. The molecule has 0 bridgehead atoms. The Kier molecular flexibility index (Phi) is 5.25. The monoisotopic (exact) mass is 474 g/mol. The van der Waals surface area contributed by atoms with Gasteiger partial charge in [-0.3, -0.25) is 4.79 Å². The Morgan fingerprint density at radius 2 is 1.94 bits per heavy atom. The zero-order valence-electron chi connectivity index (χ0n) is 18.2. The smallest absolute Gasteiger partial charge is 0.406 e. The summed E-state index contributed by atoms with van der Waals surface area (Å²) in [6.07, 6.45) is -5.58. The van der Waals surface area contributed by atoms with Crippen LogP contribution in [0.15, 0.2) is 52.6 Å². The Morgan fingerprint density at radius 3 is 2.59 bits per heavy atom. The third kappa shape index (κ3) is 3.39. The van der Waals surface area contributed by atoms with E-state index < -0.39 is 30.2 Å². The van der Waals surface area contributed by atoms with Crippen LogP contribution < -0.4 is 15.5 Å². The number of halogens is 3. The van der Waals surface area contributed by atoms with Crippen LogP contribution in [0, 0.1) is 0 Å². The second-order valence-corrected chi connectivity index (χ2v) is 8.13. The summed E-state index contributed by atoms with van der Waals surface area (Å²) in [7, 11) is 1.44. The van der Waals surface area contributed by atoms with Crippen molar-refractivity contribution in [3.63, 3.8) is 0 Å². The van der Waals surface area contributed by atoms with E-state index in [9.17, 15) is 23.1 Å². The summed E-state index contributed by atoms with van der Waals surface area (Å²) in [5.74, 6) is -1.50. The number of oxazole rings is 1. The molecule has 1 saturated heterocycles. The normalized spacial score (nSPS) is 22.8. The second-order valence-electron chi connectivity index (χ2n) is 8.13. The maximum Gasteiger partial charge on any atom is 0.406 e. The molecule has 3 unspecified atom stereocenters. The molecule has 178 valence electrons. The summed E-state index contributed by atoms with van der Waals surface area (Å²) in [6.45, 7) is 1.26. The van der Waals surface area contributed by atoms with Crippen molar-refractivity contribution in [1.29, 1.82) is 0 Å². The van der Waals surface area contributed by atoms with Gasteiger partial charge >= 0.3 is 6.18 Å². The number of ether oxygens (including phenoxy) is 1. The van der Waals surface area contributed by atoms with Crippen molar-refractivity contribution in [3.8, 4) is 5.75 Å². The zero-order chi connectivity index (χ0) is 24.2. The van der Waals surface area contributed by atoms with Crippen molar-refractivity contribution in [2.24, 2.45) is 0 Å². The predicted molar refractivity (Wildman–Crippen MR) is 115 cm³/mol. The largest absolute Gasteiger partial charge is 0.494 e. The number of rotatable bonds is 4. The van der Waals surface area contributed by atoms with Gasteiger partial charge in [0.25, 0.3) is 5.91 Å². The number of nitrogens with one attached hydrogen (secondary N) is 2. The van der Waals surface area contributed by atoms with E-state index in [2.05, 4.69) is 15.7 Å². The number of alkyl halides is 3. The van der Waals surface area contributed by atoms with E-state index in [-0.39, 0.29) is 23.7 Å². The molecule has 34 heavy (non-hydrogen) atoms. The van der Waals surface area contributed by atoms with E-state index in [1.54, 1.807) is 49.4 Å². The molecule has 2 aromatic carbocycles. The molecule has 8 nitrogen and oxygen atoms in total. The number of fused-ring (bicyclic) bond motifs is 2. The number of carbonyl (C=O) groups excluding carboxylic acids is 1. The number of allylic oxidation sites excluding steroid dienone is 1. The van der Waals surface area contributed by atoms with E-state index in [1.807, 2.05) is 0 Å². The molecule has 0 spiro atoms. The quantitative estimate of drug-likeness (QED) is 0.535. The van der Waals surface area contributed by atoms with Gasteiger partial charge in [-0.15, -0.1) is 0 Å². The first-order valence-electron chi connectivity index (χ1n) is 10.5. The highest BCUT2D eigenvalue weighted by molar-refractivity contribution is 6.20. The molecule has 5 rings (SSSR count). The Hall–Kier alpha value is -3.57. The van der Waals surface area contributed by atoms with Crippen LogP contribution in [0.25, 0.3) is 16.7 Å². The van der Waals surface area contributed by atoms with Gasteiger partial charge in [-0.05, 0) is 24.6 Å². The van der Waals surface area contributed by atoms with Gasteiger partial charge in [0.1, 0.15) is 23.5 Å². The minimum Gasteiger partial charge on any atom is -0.494 e. The molecule has 3 atom stereocenters. The van der Waals surface area contributed by atoms with Crippen molar-refractivity contribution >= 4 is 22.6 Å². The van der Waals surface area contributed by atoms with Crippen LogP contribution in [0.5, 0.6) is 5.75 Å². The molecule has 0 aliphatic carbocycles. The van der Waals surface area contributed by atoms with Gasteiger partial charge in [-0.2, -0.15) is 13.2 Å². The first-order chi connectivity index (χ1) is 16.2. The summed E-state index contributed by atoms with van der Waals surface area (Å²) in [4.78, 5) is 17.8. The van der Waals surface area contributed by atoms with E-state index >= 15 is 0 Å². The molecule has 11 heteroatoms. The fraction of sp³-hybridized carbons (Fsp3) is 0.304. The van der Waals surface area contributed by atoms with E-state index in [0.717, 1.165) is 5.01 Å². The molecule has 3 heterocycles. The SMILES string of the molecule is COc1ccc(CO)c2oc(C3=C(C)NC4C(c5ccccc5)C(C(F)(F)F)NN4C3=O)nc12. The zero-order valence-corrected chi connectivity index (χ0v) is 18.2. The number of nitrogens with zero attached hydrogens (tertiary/aromatic N) is 2. The van der Waals surface area contributed by atoms with Crippen LogP contribution in [0.3, 0.4) is 0 Å². The number of hydrogen-bond acceptors (Lipinski definition) is 7. The highest BCUT2D eigenvalue weighted by atomic mass is 19.4. The summed E-state index contributed by atoms with van der Waals surface area (Å²) in [5, 5.41) is 13.7. The van der Waals surface area contributed by atoms with E-state index in [4.69, 9.17) is 9.15 Å². The number of aromatic nitrogens is 1. The van der Waals surface area contributed by atoms with Crippen LogP contribution in [-0.4, -0.2) is 46.5 Å². The molecule has 3 N–H and O–H groups in total. The average Bonchev–Trinajstić information content (AvgIpc) is 3.41. The van der Waals surface area contributed by atoms with E-state index in [0.29, 0.717) is 28.1 Å². The number of aliphatic hydroxyl groups excluding tert-OH is 1. The van der Waals surface area contributed by atoms with Crippen LogP contribution in [0.2, 0.25) is 0 Å². The maximum absolute atomic E-state index is 14.0. The van der Waals surface area contributed by atoms with Gasteiger partial charge in [-0.1, -0.05) is 30.3 Å². The number of aliphatic hydroxyl groups is 1. The Balaban J connectivity index is 1.60. The minimum atomic E-state index is -4.60. The molecule has 1 fully saturated rings. The van der Waals surface area contributed by atoms with Crippen LogP contribution in [0.1, 0.15) is 29.9 Å². The summed E-state index contributed by atoms with van der Waals surface area (Å²) < 4.78 is 53.0. The van der Waals surface area contributed by atoms with Crippen molar-refractivity contribution in [2.45, 2.75) is 37.8 Å². The Labute approximate surface area is 192 Å². The second kappa shape index (κ2) is 8.03. The fourth-order valence-corrected chi connectivity index (χ4v) is 4.58. The molecule has 1 amide bonds. The van der Waals surface area contributed by atoms with Crippen molar-refractivity contribution in [2.75, 3.05) is 7.11 Å². The summed E-state index contributed by atoms with van der Waals surface area (Å²) in [6, 6.07) is 9.50. The van der Waals surface area contributed by atoms with Gasteiger partial charge in [-0.25, -0.2) is 15.4 Å². The van der Waals surface area contributed by atoms with Crippen molar-refractivity contribution in [3.05, 3.63) is 65.2 Å². The van der Waals surface area contributed by atoms with Gasteiger partial charge < -0.3 is 19.6 Å². The number of benzene rings is 2. The predicted octanol–water partition coefficient (Wildman–Crippen LogP) is 3.05. The Bertz CT molecular complexity index is 1250. The first kappa shape index (κ1) is 22.2. The van der Waals surface area contributed by atoms with Gasteiger partial charge in [0.2, 0.25) is 5.89 Å². The molecule has 3 aromatic rings. The van der Waals surface area contributed by atoms with Crippen molar-refractivity contribution < 1.29 is 32.2 Å². The molecule has 2 aliphatic heterocycles. The van der Waals surface area contributed by atoms with Gasteiger partial charge in [0.05, 0.1) is 19.6 Å². The standard InChI is InChI=1S/C23H21F3N4O4/c1-11-15(21-28-17-14(33-2)9-8-13(10-31)18(17)34-21)22(32)30-20(27-11)16(12-6-4-3-5-7-12)19(29-30)23(24,25)26/h3-9,16,19-20,27,29,31H,10H2,1-2H3. The molecular weight excluding hydrogens is 453 g/mol. The number of hydrogen-bond donors (Lipinski definition) is 3. The molecule has 2 aliphatic rings. The fourth-order valence-electron chi connectivity index (χ4n) is 4.58. The summed E-state index contributed by atoms with van der Waals surface area (Å²) in [5.41, 5.74) is 4.08. The maximum atomic E-state index is 14.0. The van der Waals surface area contributed by atoms with E-state index in [1.165, 1.54) is 7.11 Å². The highest BCUT2D eigenvalue weighted by Gasteiger charge is 2.58. The molecule has 0 radical (unpaired) electrons. The summed E-state index contributed by atoms with van der Waals surface area (Å²) >= 11 is 0. The molecule has 1 aromatic heterocycles. The third-order valence-corrected chi connectivity index (χ3v) is 6.16. The number of amides is 1. The lowest BCUT2D eigenvalue weighted by Crippen LogP contribution is -2.54. The highest BCUT2D eigenvalue weighted by Crippen LogP contribution is 2.43. The third-order valence-electron chi connectivity index (χ3n) is 6.16. The van der Waals surface area contributed by atoms with Crippen LogP contribution >= 0.6 is 0 Å². The lowest BCUT2D eigenvalue weighted by molar-refractivity contribution is -0.161. The Morgan fingerprint density at radius 1 is 1.21 bits per heavy atom. The average molecular weight is 474 g/mol. The topological polar surface area (TPSA) is 99.9 Å². The lowest BCUT2D eigenvalue weighted by atomic mass is 9.89. The molecule has 0 saturated carbocycles. The van der Waals surface area contributed by atoms with Gasteiger partial charge in [0.15, 0.2) is 11.1 Å². The van der Waals surface area contributed by atoms with Gasteiger partial charge in [0, 0.05) is 11.3 Å². The number of carbonyl (C=O) groups is 1.